The van der Waals surface area contributed by atoms with Gasteiger partial charge in [0.2, 0.25) is 5.91 Å². The second-order valence-corrected chi connectivity index (χ2v) is 9.24. The predicted molar refractivity (Wildman–Crippen MR) is 136 cm³/mol. The number of carbonyl (C=O) groups excluding carboxylic acids is 2. The third-order valence-corrected chi connectivity index (χ3v) is 5.85. The lowest BCUT2D eigenvalue weighted by atomic mass is 9.91. The zero-order chi connectivity index (χ0) is 24.4. The average molecular weight is 467 g/mol. The number of nitrogens with one attached hydrogen (secondary N) is 4. The van der Waals surface area contributed by atoms with Crippen LogP contribution in [0, 0.1) is 0 Å². The number of rotatable bonds is 6. The normalized spacial score (nSPS) is 14.1. The van der Waals surface area contributed by atoms with Gasteiger partial charge in [-0.25, -0.2) is 4.98 Å². The van der Waals surface area contributed by atoms with Crippen LogP contribution in [0.15, 0.2) is 73.2 Å². The number of para-hydroxylation sites is 1. The van der Waals surface area contributed by atoms with E-state index in [4.69, 9.17) is 0 Å². The number of H-pyrrole nitrogens is 1. The van der Waals surface area contributed by atoms with Crippen LogP contribution in [0.25, 0.3) is 11.3 Å². The van der Waals surface area contributed by atoms with Crippen LogP contribution in [0.4, 0.5) is 17.2 Å². The van der Waals surface area contributed by atoms with Gasteiger partial charge in [0.15, 0.2) is 0 Å². The van der Waals surface area contributed by atoms with E-state index in [1.807, 2.05) is 50.2 Å². The molecule has 1 aliphatic heterocycles. The van der Waals surface area contributed by atoms with Crippen LogP contribution < -0.4 is 16.0 Å². The Morgan fingerprint density at radius 3 is 2.60 bits per heavy atom. The van der Waals surface area contributed by atoms with Crippen LogP contribution in [0.5, 0.6) is 0 Å². The van der Waals surface area contributed by atoms with Crippen molar-refractivity contribution in [2.24, 2.45) is 0 Å². The zero-order valence-electron chi connectivity index (χ0n) is 19.6. The van der Waals surface area contributed by atoms with E-state index in [-0.39, 0.29) is 23.8 Å². The molecule has 4 N–H and O–H groups in total. The fraction of sp³-hybridized carbons (Fsp3) is 0.185. The maximum atomic E-state index is 13.1. The summed E-state index contributed by atoms with van der Waals surface area (Å²) in [6.45, 7) is 4.00. The second-order valence-electron chi connectivity index (χ2n) is 9.24. The summed E-state index contributed by atoms with van der Waals surface area (Å²) in [5, 5.41) is 9.38. The van der Waals surface area contributed by atoms with Gasteiger partial charge < -0.3 is 20.9 Å². The van der Waals surface area contributed by atoms with Gasteiger partial charge in [0.1, 0.15) is 5.82 Å². The van der Waals surface area contributed by atoms with Crippen LogP contribution in [0.1, 0.15) is 35.5 Å². The Hall–Kier alpha value is -4.46. The van der Waals surface area contributed by atoms with Gasteiger partial charge in [-0.2, -0.15) is 0 Å². The monoisotopic (exact) mass is 466 g/mol. The van der Waals surface area contributed by atoms with E-state index in [0.717, 1.165) is 28.2 Å². The first kappa shape index (κ1) is 22.3. The molecule has 0 saturated carbocycles. The summed E-state index contributed by atoms with van der Waals surface area (Å²) in [6.07, 6.45) is 5.85. The highest BCUT2D eigenvalue weighted by atomic mass is 16.2. The largest absolute Gasteiger partial charge is 0.356 e. The van der Waals surface area contributed by atoms with Crippen LogP contribution >= 0.6 is 0 Å². The Labute approximate surface area is 203 Å². The van der Waals surface area contributed by atoms with Gasteiger partial charge in [0.05, 0.1) is 23.4 Å². The highest BCUT2D eigenvalue weighted by Crippen LogP contribution is 2.39. The molecule has 1 aliphatic rings. The molecule has 0 aliphatic carbocycles. The molecule has 4 aromatic rings. The van der Waals surface area contributed by atoms with Gasteiger partial charge in [0, 0.05) is 47.5 Å². The molecular weight excluding hydrogens is 440 g/mol. The fourth-order valence-electron chi connectivity index (χ4n) is 4.33. The molecule has 0 fully saturated rings. The second kappa shape index (κ2) is 9.06. The van der Waals surface area contributed by atoms with Gasteiger partial charge in [-0.05, 0) is 55.8 Å². The first-order chi connectivity index (χ1) is 16.9. The van der Waals surface area contributed by atoms with Gasteiger partial charge in [0.25, 0.3) is 5.91 Å². The number of aromatic nitrogens is 3. The van der Waals surface area contributed by atoms with Crippen molar-refractivity contribution in [3.8, 4) is 11.3 Å². The number of aromatic amines is 1. The summed E-state index contributed by atoms with van der Waals surface area (Å²) >= 11 is 0. The van der Waals surface area contributed by atoms with E-state index in [1.165, 1.54) is 0 Å². The Morgan fingerprint density at radius 1 is 1.06 bits per heavy atom. The molecule has 0 radical (unpaired) electrons. The molecule has 0 unspecified atom stereocenters. The SMILES string of the molecule is CC1(C)Cc2[nH]c(-c3ccnc(NC(=O)Cc4ccncc4)c3)c(Nc3ccccc3)c2C(=O)N1. The van der Waals surface area contributed by atoms with E-state index in [0.29, 0.717) is 23.5 Å². The maximum absolute atomic E-state index is 13.1. The van der Waals surface area contributed by atoms with Crippen LogP contribution in [0.3, 0.4) is 0 Å². The molecule has 8 nitrogen and oxygen atoms in total. The number of nitrogens with zero attached hydrogens (tertiary/aromatic N) is 2. The van der Waals surface area contributed by atoms with Crippen molar-refractivity contribution in [3.05, 3.63) is 90.0 Å². The van der Waals surface area contributed by atoms with E-state index in [2.05, 4.69) is 30.9 Å². The van der Waals surface area contributed by atoms with Crippen molar-refractivity contribution in [3.63, 3.8) is 0 Å². The highest BCUT2D eigenvalue weighted by molar-refractivity contribution is 6.06. The number of hydrogen-bond acceptors (Lipinski definition) is 5. The number of amides is 2. The van der Waals surface area contributed by atoms with Crippen molar-refractivity contribution >= 4 is 29.0 Å². The zero-order valence-corrected chi connectivity index (χ0v) is 19.6. The molecule has 5 rings (SSSR count). The molecule has 3 aromatic heterocycles. The molecule has 8 heteroatoms. The lowest BCUT2D eigenvalue weighted by molar-refractivity contribution is -0.115. The molecular formula is C27H26N6O2. The molecule has 176 valence electrons. The van der Waals surface area contributed by atoms with E-state index < -0.39 is 0 Å². The summed E-state index contributed by atoms with van der Waals surface area (Å²) in [7, 11) is 0. The Bertz CT molecular complexity index is 1380. The molecule has 4 heterocycles. The molecule has 2 amide bonds. The molecule has 1 aromatic carbocycles. The van der Waals surface area contributed by atoms with Crippen molar-refractivity contribution < 1.29 is 9.59 Å². The Kier molecular flexibility index (Phi) is 5.78. The van der Waals surface area contributed by atoms with Crippen LogP contribution in [0.2, 0.25) is 0 Å². The number of anilines is 3. The number of carbonyl (C=O) groups is 2. The summed E-state index contributed by atoms with van der Waals surface area (Å²) in [6, 6.07) is 17.0. The third kappa shape index (κ3) is 4.91. The number of pyridine rings is 2. The minimum absolute atomic E-state index is 0.128. The molecule has 0 saturated heterocycles. The third-order valence-electron chi connectivity index (χ3n) is 5.85. The van der Waals surface area contributed by atoms with E-state index in [1.54, 1.807) is 36.8 Å². The van der Waals surface area contributed by atoms with Gasteiger partial charge in [-0.15, -0.1) is 0 Å². The summed E-state index contributed by atoms with van der Waals surface area (Å²) in [5.74, 6) is 0.136. The molecule has 35 heavy (non-hydrogen) atoms. The van der Waals surface area contributed by atoms with Crippen LogP contribution in [-0.2, 0) is 17.6 Å². The summed E-state index contributed by atoms with van der Waals surface area (Å²) in [5.41, 5.74) is 5.11. The average Bonchev–Trinajstić information content (AvgIpc) is 3.17. The van der Waals surface area contributed by atoms with Crippen molar-refractivity contribution in [1.29, 1.82) is 0 Å². The Balaban J connectivity index is 1.49. The van der Waals surface area contributed by atoms with Crippen molar-refractivity contribution in [2.75, 3.05) is 10.6 Å². The standard InChI is InChI=1S/C27H26N6O2/c1-27(2)16-20-23(26(35)33-27)25(30-19-6-4-3-5-7-19)24(31-20)18-10-13-29-21(15-18)32-22(34)14-17-8-11-28-12-9-17/h3-13,15,30-31H,14,16H2,1-2H3,(H,33,35)(H,29,32,34). The number of hydrogen-bond donors (Lipinski definition) is 4. The summed E-state index contributed by atoms with van der Waals surface area (Å²) in [4.78, 5) is 37.4. The summed E-state index contributed by atoms with van der Waals surface area (Å²) < 4.78 is 0. The van der Waals surface area contributed by atoms with Gasteiger partial charge >= 0.3 is 0 Å². The van der Waals surface area contributed by atoms with E-state index >= 15 is 0 Å². The quantitative estimate of drug-likeness (QED) is 0.335. The van der Waals surface area contributed by atoms with Crippen LogP contribution in [-0.4, -0.2) is 32.3 Å². The number of fused-ring (bicyclic) bond motifs is 1. The smallest absolute Gasteiger partial charge is 0.255 e. The molecule has 0 bridgehead atoms. The topological polar surface area (TPSA) is 112 Å². The lowest BCUT2D eigenvalue weighted by Crippen LogP contribution is -2.49. The van der Waals surface area contributed by atoms with Crippen molar-refractivity contribution in [1.82, 2.24) is 20.3 Å². The first-order valence-corrected chi connectivity index (χ1v) is 11.4. The maximum Gasteiger partial charge on any atom is 0.255 e. The highest BCUT2D eigenvalue weighted by Gasteiger charge is 2.35. The van der Waals surface area contributed by atoms with E-state index in [9.17, 15) is 9.59 Å². The number of benzene rings is 1. The van der Waals surface area contributed by atoms with Gasteiger partial charge in [-0.3, -0.25) is 14.6 Å². The van der Waals surface area contributed by atoms with Crippen molar-refractivity contribution in [2.45, 2.75) is 32.2 Å². The lowest BCUT2D eigenvalue weighted by Gasteiger charge is -2.30. The molecule has 0 spiro atoms. The fourth-order valence-corrected chi connectivity index (χ4v) is 4.33. The first-order valence-electron chi connectivity index (χ1n) is 11.4. The minimum atomic E-state index is -0.361. The molecule has 0 atom stereocenters. The van der Waals surface area contributed by atoms with Gasteiger partial charge in [-0.1, -0.05) is 18.2 Å². The predicted octanol–water partition coefficient (Wildman–Crippen LogP) is 4.46. The minimum Gasteiger partial charge on any atom is -0.356 e. The Morgan fingerprint density at radius 2 is 1.83 bits per heavy atom.